The number of aliphatic hydroxyl groups is 1. The third-order valence-electron chi connectivity index (χ3n) is 7.51. The highest BCUT2D eigenvalue weighted by atomic mass is 28.4. The first kappa shape index (κ1) is 29.8. The van der Waals surface area contributed by atoms with Crippen molar-refractivity contribution in [2.24, 2.45) is 17.8 Å². The maximum Gasteiger partial charge on any atom is 0.192 e. The van der Waals surface area contributed by atoms with Crippen molar-refractivity contribution in [3.63, 3.8) is 0 Å². The highest BCUT2D eigenvalue weighted by molar-refractivity contribution is 6.74. The third-order valence-corrected chi connectivity index (χ3v) is 16.6. The van der Waals surface area contributed by atoms with Crippen LogP contribution < -0.4 is 0 Å². The molecule has 3 nitrogen and oxygen atoms in total. The molecule has 0 aromatic heterocycles. The summed E-state index contributed by atoms with van der Waals surface area (Å²) >= 11 is 0. The molecule has 1 N–H and O–H groups in total. The Kier molecular flexibility index (Phi) is 12.6. The third kappa shape index (κ3) is 8.05. The zero-order chi connectivity index (χ0) is 23.8. The van der Waals surface area contributed by atoms with Crippen LogP contribution in [0.25, 0.3) is 0 Å². The van der Waals surface area contributed by atoms with Gasteiger partial charge in [-0.05, 0) is 42.2 Å². The quantitative estimate of drug-likeness (QED) is 0.218. The highest BCUT2D eigenvalue weighted by Crippen LogP contribution is 2.41. The molecule has 0 saturated heterocycles. The highest BCUT2D eigenvalue weighted by Gasteiger charge is 2.44. The summed E-state index contributed by atoms with van der Waals surface area (Å²) in [5, 5.41) is 10.2. The van der Waals surface area contributed by atoms with Crippen molar-refractivity contribution in [1.29, 1.82) is 0 Å². The van der Waals surface area contributed by atoms with Gasteiger partial charge in [-0.2, -0.15) is 0 Å². The van der Waals surface area contributed by atoms with Crippen LogP contribution in [0.4, 0.5) is 0 Å². The van der Waals surface area contributed by atoms with Crippen LogP contribution in [-0.4, -0.2) is 40.6 Å². The molecule has 178 valence electrons. The number of hydrogen-bond acceptors (Lipinski definition) is 3. The van der Waals surface area contributed by atoms with E-state index in [-0.39, 0.29) is 41.6 Å². The van der Waals surface area contributed by atoms with Crippen molar-refractivity contribution < 1.29 is 14.0 Å². The normalized spacial score (nSPS) is 18.8. The lowest BCUT2D eigenvalue weighted by Gasteiger charge is -2.46. The van der Waals surface area contributed by atoms with E-state index in [1.54, 1.807) is 0 Å². The Morgan fingerprint density at radius 3 is 1.80 bits per heavy atom. The number of aliphatic hydroxyl groups excluding tert-OH is 1. The van der Waals surface area contributed by atoms with Gasteiger partial charge in [-0.3, -0.25) is 0 Å². The molecular weight excluding hydrogens is 404 g/mol. The Morgan fingerprint density at radius 1 is 0.933 bits per heavy atom. The first-order valence-electron chi connectivity index (χ1n) is 12.0. The second kappa shape index (κ2) is 12.7. The summed E-state index contributed by atoms with van der Waals surface area (Å²) in [7, 11) is -3.79. The van der Waals surface area contributed by atoms with Crippen LogP contribution in [0.5, 0.6) is 0 Å². The second-order valence-electron chi connectivity index (χ2n) is 10.7. The van der Waals surface area contributed by atoms with Gasteiger partial charge in [-0.1, -0.05) is 87.1 Å². The lowest BCUT2D eigenvalue weighted by molar-refractivity contribution is -0.0182. The van der Waals surface area contributed by atoms with E-state index in [0.717, 1.165) is 18.1 Å². The molecule has 0 heterocycles. The van der Waals surface area contributed by atoms with E-state index >= 15 is 0 Å². The molecule has 0 aromatic carbocycles. The first-order valence-corrected chi connectivity index (χ1v) is 17.4. The maximum atomic E-state index is 10.1. The molecule has 5 atom stereocenters. The minimum absolute atomic E-state index is 0.0299. The Bertz CT molecular complexity index is 513. The van der Waals surface area contributed by atoms with Gasteiger partial charge in [0.1, 0.15) is 0 Å². The Morgan fingerprint density at radius 2 is 1.43 bits per heavy atom. The van der Waals surface area contributed by atoms with Gasteiger partial charge in [-0.25, -0.2) is 0 Å². The summed E-state index contributed by atoms with van der Waals surface area (Å²) in [6, 6.07) is 3.39. The van der Waals surface area contributed by atoms with Gasteiger partial charge in [0, 0.05) is 18.4 Å². The average Bonchev–Trinajstić information content (AvgIpc) is 2.69. The van der Waals surface area contributed by atoms with Crippen LogP contribution in [0.2, 0.25) is 36.3 Å². The van der Waals surface area contributed by atoms with Crippen molar-refractivity contribution >= 4 is 16.6 Å². The maximum absolute atomic E-state index is 10.1. The van der Waals surface area contributed by atoms with Crippen molar-refractivity contribution in [3.05, 3.63) is 24.8 Å². The molecule has 0 aromatic rings. The molecule has 0 rings (SSSR count). The summed E-state index contributed by atoms with van der Waals surface area (Å²) < 4.78 is 14.0. The summed E-state index contributed by atoms with van der Waals surface area (Å²) in [5.41, 5.74) is 0. The Balaban J connectivity index is 6.16. The fraction of sp³-hybridized carbons (Fsp3) is 0.840. The molecule has 0 aliphatic heterocycles. The molecule has 30 heavy (non-hydrogen) atoms. The van der Waals surface area contributed by atoms with Crippen molar-refractivity contribution in [1.82, 2.24) is 0 Å². The van der Waals surface area contributed by atoms with Gasteiger partial charge in [-0.15, -0.1) is 0 Å². The van der Waals surface area contributed by atoms with Crippen molar-refractivity contribution in [2.75, 3.05) is 6.61 Å². The zero-order valence-electron chi connectivity index (χ0n) is 21.9. The van der Waals surface area contributed by atoms with Gasteiger partial charge in [0.05, 0.1) is 12.2 Å². The van der Waals surface area contributed by atoms with Crippen LogP contribution >= 0.6 is 0 Å². The van der Waals surface area contributed by atoms with Gasteiger partial charge in [0.2, 0.25) is 0 Å². The van der Waals surface area contributed by atoms with Crippen molar-refractivity contribution in [3.8, 4) is 0 Å². The predicted octanol–water partition coefficient (Wildman–Crippen LogP) is 7.41. The monoisotopic (exact) mass is 456 g/mol. The number of hydrogen-bond donors (Lipinski definition) is 1. The molecule has 0 spiro atoms. The predicted molar refractivity (Wildman–Crippen MR) is 138 cm³/mol. The van der Waals surface area contributed by atoms with Crippen LogP contribution in [0.15, 0.2) is 24.8 Å². The molecule has 0 saturated carbocycles. The number of rotatable bonds is 14. The molecule has 0 unspecified atom stereocenters. The lowest BCUT2D eigenvalue weighted by atomic mass is 9.84. The van der Waals surface area contributed by atoms with Crippen molar-refractivity contribution in [2.45, 2.75) is 111 Å². The Labute approximate surface area is 190 Å². The van der Waals surface area contributed by atoms with Gasteiger partial charge in [0.25, 0.3) is 0 Å². The summed E-state index contributed by atoms with van der Waals surface area (Å²) in [5.74, 6) is 0.505. The van der Waals surface area contributed by atoms with Crippen LogP contribution in [0.3, 0.4) is 0 Å². The summed E-state index contributed by atoms with van der Waals surface area (Å²) in [4.78, 5) is 0. The average molecular weight is 457 g/mol. The molecule has 0 radical (unpaired) electrons. The molecule has 0 aliphatic rings. The first-order chi connectivity index (χ1) is 13.8. The lowest BCUT2D eigenvalue weighted by Crippen LogP contribution is -2.53. The van der Waals surface area contributed by atoms with E-state index < -0.39 is 16.6 Å². The van der Waals surface area contributed by atoms with Crippen LogP contribution in [0.1, 0.15) is 62.3 Å². The van der Waals surface area contributed by atoms with E-state index in [4.69, 9.17) is 8.85 Å². The fourth-order valence-corrected chi connectivity index (χ4v) is 8.38. The SMILES string of the molecule is C=C/C=C/[C@H](C)[C@H](O[Si](CC)(CC)CC)[C@@H](C)[C@H](O[Si](C)(C)C(C)(C)C)[C@@H](C)CO. The van der Waals surface area contributed by atoms with E-state index in [1.807, 2.05) is 12.2 Å². The minimum Gasteiger partial charge on any atom is -0.413 e. The Hall–Kier alpha value is -0.206. The van der Waals surface area contributed by atoms with Crippen LogP contribution in [0, 0.1) is 17.8 Å². The van der Waals surface area contributed by atoms with Crippen LogP contribution in [-0.2, 0) is 8.85 Å². The zero-order valence-corrected chi connectivity index (χ0v) is 23.9. The molecule has 0 fully saturated rings. The molecular formula is C25H52O3Si2. The van der Waals surface area contributed by atoms with E-state index in [1.165, 1.54) is 0 Å². The van der Waals surface area contributed by atoms with E-state index in [2.05, 4.69) is 88.1 Å². The van der Waals surface area contributed by atoms with E-state index in [0.29, 0.717) is 0 Å². The smallest absolute Gasteiger partial charge is 0.192 e. The number of allylic oxidation sites excluding steroid dienone is 2. The van der Waals surface area contributed by atoms with Gasteiger partial charge < -0.3 is 14.0 Å². The van der Waals surface area contributed by atoms with Gasteiger partial charge in [0.15, 0.2) is 16.6 Å². The topological polar surface area (TPSA) is 38.7 Å². The molecule has 0 amide bonds. The molecule has 0 aliphatic carbocycles. The second-order valence-corrected chi connectivity index (χ2v) is 20.1. The molecule has 0 bridgehead atoms. The van der Waals surface area contributed by atoms with Gasteiger partial charge >= 0.3 is 0 Å². The molecule has 5 heteroatoms. The standard InChI is InChI=1S/C25H52O3Si2/c1-13-17-18-20(5)23(28-30(14-2,15-3)16-4)22(7)24(21(6)19-26)27-29(11,12)25(8,9)10/h13,17-18,20-24,26H,1,14-16,19H2,2-12H3/b18-17+/t20-,21-,22+,23-,24+/m0/s1. The largest absolute Gasteiger partial charge is 0.413 e. The summed E-state index contributed by atoms with van der Waals surface area (Å²) in [6.07, 6.45) is 6.11. The summed E-state index contributed by atoms with van der Waals surface area (Å²) in [6.45, 7) is 28.9. The van der Waals surface area contributed by atoms with E-state index in [9.17, 15) is 5.11 Å². The minimum atomic E-state index is -1.99. The fourth-order valence-electron chi connectivity index (χ4n) is 3.89.